The molecule has 1 heterocycles. The molecule has 1 aromatic heterocycles. The lowest BCUT2D eigenvalue weighted by molar-refractivity contribution is 0.0995. The quantitative estimate of drug-likeness (QED) is 0.577. The molecule has 0 unspecified atom stereocenters. The minimum Gasteiger partial charge on any atom is -0.398 e. The Bertz CT molecular complexity index is 732. The second kappa shape index (κ2) is 4.86. The molecule has 0 fully saturated rings. The number of Topliss-reactive ketones (excluding diaryl/α,β-unsaturated/α-hetero) is 1. The summed E-state index contributed by atoms with van der Waals surface area (Å²) >= 11 is 1.59. The molecule has 3 aromatic rings. The standard InChI is InChI=1S/C16H13NOS/c17-15-9-12-5-2-1-4-11(12)8-14(15)16(18)10-13-6-3-7-19-13/h1-9H,10,17H2. The van der Waals surface area contributed by atoms with Gasteiger partial charge in [-0.25, -0.2) is 0 Å². The van der Waals surface area contributed by atoms with Crippen LogP contribution in [0.3, 0.4) is 0 Å². The van der Waals surface area contributed by atoms with Crippen molar-refractivity contribution in [2.75, 3.05) is 5.73 Å². The van der Waals surface area contributed by atoms with Crippen molar-refractivity contribution in [3.8, 4) is 0 Å². The molecule has 0 amide bonds. The lowest BCUT2D eigenvalue weighted by Gasteiger charge is -2.06. The van der Waals surface area contributed by atoms with Crippen molar-refractivity contribution in [3.63, 3.8) is 0 Å². The molecule has 0 bridgehead atoms. The number of anilines is 1. The Morgan fingerprint density at radius 3 is 2.47 bits per heavy atom. The van der Waals surface area contributed by atoms with Gasteiger partial charge in [-0.15, -0.1) is 11.3 Å². The number of rotatable bonds is 3. The highest BCUT2D eigenvalue weighted by Crippen LogP contribution is 2.23. The lowest BCUT2D eigenvalue weighted by Crippen LogP contribution is -2.06. The SMILES string of the molecule is Nc1cc2ccccc2cc1C(=O)Cc1cccs1. The molecule has 0 aliphatic carbocycles. The molecule has 0 saturated heterocycles. The van der Waals surface area contributed by atoms with Crippen molar-refractivity contribution < 1.29 is 4.79 Å². The van der Waals surface area contributed by atoms with Crippen LogP contribution in [0.4, 0.5) is 5.69 Å². The monoisotopic (exact) mass is 267 g/mol. The fraction of sp³-hybridized carbons (Fsp3) is 0.0625. The van der Waals surface area contributed by atoms with Crippen LogP contribution in [-0.4, -0.2) is 5.78 Å². The fourth-order valence-electron chi connectivity index (χ4n) is 2.17. The second-order valence-electron chi connectivity index (χ2n) is 4.47. The predicted octanol–water partition coefficient (Wildman–Crippen LogP) is 3.91. The van der Waals surface area contributed by atoms with Gasteiger partial charge in [0.15, 0.2) is 5.78 Å². The third kappa shape index (κ3) is 2.37. The number of carbonyl (C=O) groups is 1. The zero-order valence-electron chi connectivity index (χ0n) is 10.3. The third-order valence-corrected chi connectivity index (χ3v) is 4.01. The molecule has 3 rings (SSSR count). The molecule has 0 radical (unpaired) electrons. The van der Waals surface area contributed by atoms with Crippen LogP contribution in [0.5, 0.6) is 0 Å². The number of hydrogen-bond acceptors (Lipinski definition) is 3. The maximum Gasteiger partial charge on any atom is 0.170 e. The number of benzene rings is 2. The van der Waals surface area contributed by atoms with Gasteiger partial charge in [0.2, 0.25) is 0 Å². The van der Waals surface area contributed by atoms with Crippen molar-refractivity contribution >= 4 is 33.6 Å². The molecule has 0 aliphatic rings. The summed E-state index contributed by atoms with van der Waals surface area (Å²) in [5.41, 5.74) is 7.17. The summed E-state index contributed by atoms with van der Waals surface area (Å²) in [5.74, 6) is 0.0747. The number of hydrogen-bond donors (Lipinski definition) is 1. The van der Waals surface area contributed by atoms with E-state index in [4.69, 9.17) is 5.73 Å². The molecule has 19 heavy (non-hydrogen) atoms. The molecule has 94 valence electrons. The molecule has 2 aromatic carbocycles. The normalized spacial score (nSPS) is 10.7. The topological polar surface area (TPSA) is 43.1 Å². The highest BCUT2D eigenvalue weighted by Gasteiger charge is 2.12. The van der Waals surface area contributed by atoms with Gasteiger partial charge in [0.1, 0.15) is 0 Å². The number of nitrogen functional groups attached to an aromatic ring is 1. The first-order chi connectivity index (χ1) is 9.24. The van der Waals surface area contributed by atoms with Crippen LogP contribution >= 0.6 is 11.3 Å². The van der Waals surface area contributed by atoms with Gasteiger partial charge in [-0.05, 0) is 34.4 Å². The number of thiophene rings is 1. The Morgan fingerprint density at radius 1 is 1.05 bits per heavy atom. The van der Waals surface area contributed by atoms with Gasteiger partial charge >= 0.3 is 0 Å². The minimum atomic E-state index is 0.0747. The number of carbonyl (C=O) groups excluding carboxylic acids is 1. The average molecular weight is 267 g/mol. The second-order valence-corrected chi connectivity index (χ2v) is 5.50. The largest absolute Gasteiger partial charge is 0.398 e. The smallest absolute Gasteiger partial charge is 0.170 e. The van der Waals surface area contributed by atoms with Crippen LogP contribution in [0.25, 0.3) is 10.8 Å². The predicted molar refractivity (Wildman–Crippen MR) is 80.7 cm³/mol. The van der Waals surface area contributed by atoms with Crippen LogP contribution in [-0.2, 0) is 6.42 Å². The minimum absolute atomic E-state index is 0.0747. The van der Waals surface area contributed by atoms with Crippen LogP contribution in [0.15, 0.2) is 53.9 Å². The maximum atomic E-state index is 12.3. The van der Waals surface area contributed by atoms with Crippen LogP contribution in [0.2, 0.25) is 0 Å². The Labute approximate surface area is 115 Å². The highest BCUT2D eigenvalue weighted by atomic mass is 32.1. The highest BCUT2D eigenvalue weighted by molar-refractivity contribution is 7.10. The Balaban J connectivity index is 1.99. The molecule has 0 aliphatic heterocycles. The van der Waals surface area contributed by atoms with Crippen molar-refractivity contribution in [1.82, 2.24) is 0 Å². The third-order valence-electron chi connectivity index (χ3n) is 3.13. The van der Waals surface area contributed by atoms with Crippen molar-refractivity contribution in [2.24, 2.45) is 0 Å². The Hall–Kier alpha value is -2.13. The zero-order chi connectivity index (χ0) is 13.2. The Kier molecular flexibility index (Phi) is 3.05. The first-order valence-electron chi connectivity index (χ1n) is 6.08. The molecule has 0 atom stereocenters. The van der Waals surface area contributed by atoms with E-state index in [-0.39, 0.29) is 5.78 Å². The van der Waals surface area contributed by atoms with Crippen LogP contribution in [0.1, 0.15) is 15.2 Å². The number of ketones is 1. The zero-order valence-corrected chi connectivity index (χ0v) is 11.1. The van der Waals surface area contributed by atoms with E-state index in [9.17, 15) is 4.79 Å². The van der Waals surface area contributed by atoms with Gasteiger partial charge in [-0.1, -0.05) is 30.3 Å². The van der Waals surface area contributed by atoms with E-state index in [0.29, 0.717) is 17.7 Å². The van der Waals surface area contributed by atoms with Gasteiger partial charge in [-0.2, -0.15) is 0 Å². The molecule has 3 heteroatoms. The summed E-state index contributed by atoms with van der Waals surface area (Å²) in [7, 11) is 0. The van der Waals surface area contributed by atoms with Gasteiger partial charge in [0.25, 0.3) is 0 Å². The van der Waals surface area contributed by atoms with Gasteiger partial charge in [0.05, 0.1) is 0 Å². The molecule has 2 N–H and O–H groups in total. The van der Waals surface area contributed by atoms with E-state index < -0.39 is 0 Å². The summed E-state index contributed by atoms with van der Waals surface area (Å²) in [6.07, 6.45) is 0.417. The summed E-state index contributed by atoms with van der Waals surface area (Å²) in [5, 5.41) is 4.09. The maximum absolute atomic E-state index is 12.3. The molecule has 2 nitrogen and oxygen atoms in total. The molecular formula is C16H13NOS. The van der Waals surface area contributed by atoms with E-state index in [1.165, 1.54) is 0 Å². The summed E-state index contributed by atoms with van der Waals surface area (Å²) < 4.78 is 0. The van der Waals surface area contributed by atoms with Gasteiger partial charge < -0.3 is 5.73 Å². The van der Waals surface area contributed by atoms with Crippen molar-refractivity contribution in [2.45, 2.75) is 6.42 Å². The molecular weight excluding hydrogens is 254 g/mol. The van der Waals surface area contributed by atoms with E-state index >= 15 is 0 Å². The van der Waals surface area contributed by atoms with Crippen LogP contribution in [0, 0.1) is 0 Å². The fourth-order valence-corrected chi connectivity index (χ4v) is 2.87. The molecule has 0 spiro atoms. The van der Waals surface area contributed by atoms with E-state index in [0.717, 1.165) is 15.6 Å². The summed E-state index contributed by atoms with van der Waals surface area (Å²) in [6, 6.07) is 15.6. The summed E-state index contributed by atoms with van der Waals surface area (Å²) in [4.78, 5) is 13.4. The Morgan fingerprint density at radius 2 is 1.79 bits per heavy atom. The number of nitrogens with two attached hydrogens (primary N) is 1. The number of fused-ring (bicyclic) bond motifs is 1. The molecule has 0 saturated carbocycles. The van der Waals surface area contributed by atoms with Crippen LogP contribution < -0.4 is 5.73 Å². The first kappa shape index (κ1) is 11.9. The van der Waals surface area contributed by atoms with E-state index in [1.807, 2.05) is 53.9 Å². The lowest BCUT2D eigenvalue weighted by atomic mass is 10.0. The van der Waals surface area contributed by atoms with Crippen molar-refractivity contribution in [3.05, 3.63) is 64.4 Å². The van der Waals surface area contributed by atoms with Gasteiger partial charge in [-0.3, -0.25) is 4.79 Å². The van der Waals surface area contributed by atoms with E-state index in [1.54, 1.807) is 11.3 Å². The average Bonchev–Trinajstić information content (AvgIpc) is 2.90. The van der Waals surface area contributed by atoms with Gasteiger partial charge in [0, 0.05) is 22.5 Å². The van der Waals surface area contributed by atoms with Crippen molar-refractivity contribution in [1.29, 1.82) is 0 Å². The summed E-state index contributed by atoms with van der Waals surface area (Å²) in [6.45, 7) is 0. The van der Waals surface area contributed by atoms with E-state index in [2.05, 4.69) is 0 Å². The first-order valence-corrected chi connectivity index (χ1v) is 6.96.